The number of benzene rings is 1. The van der Waals surface area contributed by atoms with Crippen LogP contribution in [-0.4, -0.2) is 36.3 Å². The van der Waals surface area contributed by atoms with Gasteiger partial charge >= 0.3 is 0 Å². The number of nitrogens with two attached hydrogens (primary N) is 1. The first-order chi connectivity index (χ1) is 12.0. The number of nitrogens with one attached hydrogen (secondary N) is 1. The van der Waals surface area contributed by atoms with Crippen molar-refractivity contribution in [1.82, 2.24) is 4.90 Å². The van der Waals surface area contributed by atoms with Crippen molar-refractivity contribution in [2.24, 2.45) is 11.1 Å². The zero-order valence-corrected chi connectivity index (χ0v) is 15.5. The van der Waals surface area contributed by atoms with E-state index in [9.17, 15) is 9.59 Å². The largest absolute Gasteiger partial charge is 0.343 e. The summed E-state index contributed by atoms with van der Waals surface area (Å²) in [5.41, 5.74) is 7.22. The van der Waals surface area contributed by atoms with E-state index in [-0.39, 0.29) is 11.8 Å². The van der Waals surface area contributed by atoms with Crippen LogP contribution in [0, 0.1) is 5.41 Å². The lowest BCUT2D eigenvalue weighted by molar-refractivity contribution is -0.130. The first kappa shape index (κ1) is 19.4. The number of carbonyl (C=O) groups is 2. The normalized spacial score (nSPS) is 14.6. The van der Waals surface area contributed by atoms with E-state index < -0.39 is 5.41 Å². The predicted molar refractivity (Wildman–Crippen MR) is 101 cm³/mol. The van der Waals surface area contributed by atoms with Gasteiger partial charge in [-0.2, -0.15) is 0 Å². The molecule has 0 aliphatic carbocycles. The van der Waals surface area contributed by atoms with Crippen LogP contribution in [0.2, 0.25) is 0 Å². The van der Waals surface area contributed by atoms with Gasteiger partial charge in [-0.3, -0.25) is 9.59 Å². The second kappa shape index (κ2) is 8.99. The minimum absolute atomic E-state index is 0.0167. The fraction of sp³-hybridized carbons (Fsp3) is 0.600. The molecule has 0 spiro atoms. The van der Waals surface area contributed by atoms with Gasteiger partial charge in [-0.05, 0) is 49.8 Å². The Morgan fingerprint density at radius 3 is 2.24 bits per heavy atom. The molecule has 0 unspecified atom stereocenters. The zero-order valence-electron chi connectivity index (χ0n) is 15.5. The number of carbonyl (C=O) groups excluding carboxylic acids is 2. The highest BCUT2D eigenvalue weighted by atomic mass is 16.2. The summed E-state index contributed by atoms with van der Waals surface area (Å²) >= 11 is 0. The van der Waals surface area contributed by atoms with Crippen LogP contribution in [0.4, 0.5) is 5.69 Å². The van der Waals surface area contributed by atoms with E-state index in [1.807, 2.05) is 43.0 Å². The van der Waals surface area contributed by atoms with E-state index in [1.54, 1.807) is 0 Å². The highest BCUT2D eigenvalue weighted by Gasteiger charge is 2.33. The van der Waals surface area contributed by atoms with Gasteiger partial charge in [0.25, 0.3) is 0 Å². The van der Waals surface area contributed by atoms with Crippen molar-refractivity contribution in [2.75, 3.05) is 25.0 Å². The Hall–Kier alpha value is -1.88. The molecule has 1 aliphatic rings. The van der Waals surface area contributed by atoms with Crippen LogP contribution in [0.5, 0.6) is 0 Å². The molecule has 1 aromatic rings. The van der Waals surface area contributed by atoms with E-state index >= 15 is 0 Å². The summed E-state index contributed by atoms with van der Waals surface area (Å²) in [7, 11) is 0. The van der Waals surface area contributed by atoms with Gasteiger partial charge < -0.3 is 16.0 Å². The summed E-state index contributed by atoms with van der Waals surface area (Å²) in [6.45, 7) is 6.15. The Balaban J connectivity index is 1.88. The number of nitrogens with zero attached hydrogens (tertiary/aromatic N) is 1. The number of likely N-dealkylation sites (tertiary alicyclic amines) is 1. The smallest absolute Gasteiger partial charge is 0.231 e. The van der Waals surface area contributed by atoms with E-state index in [2.05, 4.69) is 5.32 Å². The molecule has 0 saturated carbocycles. The van der Waals surface area contributed by atoms with Gasteiger partial charge in [0, 0.05) is 31.7 Å². The summed E-state index contributed by atoms with van der Waals surface area (Å²) in [5.74, 6) is 0.227. The van der Waals surface area contributed by atoms with Crippen LogP contribution in [0.15, 0.2) is 24.3 Å². The van der Waals surface area contributed by atoms with E-state index in [0.29, 0.717) is 13.0 Å². The molecule has 1 fully saturated rings. The molecule has 1 heterocycles. The Morgan fingerprint density at radius 2 is 1.72 bits per heavy atom. The predicted octanol–water partition coefficient (Wildman–Crippen LogP) is 2.95. The average Bonchev–Trinajstić information content (AvgIpc) is 3.18. The van der Waals surface area contributed by atoms with Gasteiger partial charge in [-0.25, -0.2) is 0 Å². The Bertz CT molecular complexity index is 565. The molecule has 25 heavy (non-hydrogen) atoms. The summed E-state index contributed by atoms with van der Waals surface area (Å²) in [6, 6.07) is 7.77. The van der Waals surface area contributed by atoms with Crippen molar-refractivity contribution in [2.45, 2.75) is 52.4 Å². The topological polar surface area (TPSA) is 75.4 Å². The second-order valence-electron chi connectivity index (χ2n) is 6.93. The minimum atomic E-state index is -0.499. The van der Waals surface area contributed by atoms with Crippen LogP contribution in [0.1, 0.15) is 51.5 Å². The standard InChI is InChI=1S/C20H31N3O2/c1-3-20(4-2,15-21)19(25)22-17-10-7-16(8-11-17)9-12-18(24)23-13-5-6-14-23/h7-8,10-11H,3-6,9,12-15,21H2,1-2H3,(H,22,25). The van der Waals surface area contributed by atoms with E-state index in [1.165, 1.54) is 0 Å². The molecule has 1 aliphatic heterocycles. The Morgan fingerprint density at radius 1 is 1.12 bits per heavy atom. The number of hydrogen-bond acceptors (Lipinski definition) is 3. The molecule has 3 N–H and O–H groups in total. The van der Waals surface area contributed by atoms with Gasteiger partial charge in [0.15, 0.2) is 0 Å². The summed E-state index contributed by atoms with van der Waals surface area (Å²) in [4.78, 5) is 26.6. The monoisotopic (exact) mass is 345 g/mol. The maximum Gasteiger partial charge on any atom is 0.231 e. The van der Waals surface area contributed by atoms with Crippen molar-refractivity contribution in [1.29, 1.82) is 0 Å². The summed E-state index contributed by atoms with van der Waals surface area (Å²) in [5, 5.41) is 2.98. The number of amides is 2. The number of hydrogen-bond donors (Lipinski definition) is 2. The lowest BCUT2D eigenvalue weighted by Gasteiger charge is -2.28. The quantitative estimate of drug-likeness (QED) is 0.760. The number of rotatable bonds is 8. The maximum atomic E-state index is 12.5. The highest BCUT2D eigenvalue weighted by molar-refractivity contribution is 5.95. The first-order valence-electron chi connectivity index (χ1n) is 9.43. The van der Waals surface area contributed by atoms with Crippen molar-refractivity contribution in [3.8, 4) is 0 Å². The van der Waals surface area contributed by atoms with Crippen LogP contribution < -0.4 is 11.1 Å². The van der Waals surface area contributed by atoms with Crippen molar-refractivity contribution in [3.05, 3.63) is 29.8 Å². The van der Waals surface area contributed by atoms with E-state index in [0.717, 1.165) is 56.4 Å². The molecular weight excluding hydrogens is 314 g/mol. The zero-order chi connectivity index (χ0) is 18.3. The number of aryl methyl sites for hydroxylation is 1. The fourth-order valence-electron chi connectivity index (χ4n) is 3.35. The molecule has 2 amide bonds. The molecule has 0 atom stereocenters. The van der Waals surface area contributed by atoms with E-state index in [4.69, 9.17) is 5.73 Å². The molecule has 1 saturated heterocycles. The molecule has 2 rings (SSSR count). The fourth-order valence-corrected chi connectivity index (χ4v) is 3.35. The van der Waals surface area contributed by atoms with Crippen molar-refractivity contribution in [3.63, 3.8) is 0 Å². The second-order valence-corrected chi connectivity index (χ2v) is 6.93. The van der Waals surface area contributed by atoms with Crippen molar-refractivity contribution < 1.29 is 9.59 Å². The van der Waals surface area contributed by atoms with Gasteiger partial charge in [0.1, 0.15) is 0 Å². The SMILES string of the molecule is CCC(CC)(CN)C(=O)Nc1ccc(CCC(=O)N2CCCC2)cc1. The molecule has 1 aromatic carbocycles. The third kappa shape index (κ3) is 4.82. The third-order valence-electron chi connectivity index (χ3n) is 5.52. The minimum Gasteiger partial charge on any atom is -0.343 e. The Kier molecular flexibility index (Phi) is 7.00. The molecule has 5 heteroatoms. The first-order valence-corrected chi connectivity index (χ1v) is 9.43. The lowest BCUT2D eigenvalue weighted by atomic mass is 9.81. The van der Waals surface area contributed by atoms with Crippen molar-refractivity contribution >= 4 is 17.5 Å². The molecule has 0 bridgehead atoms. The number of anilines is 1. The molecular formula is C20H31N3O2. The Labute approximate surface area is 151 Å². The summed E-state index contributed by atoms with van der Waals surface area (Å²) in [6.07, 6.45) is 4.98. The molecule has 5 nitrogen and oxygen atoms in total. The summed E-state index contributed by atoms with van der Waals surface area (Å²) < 4.78 is 0. The average molecular weight is 345 g/mol. The van der Waals surface area contributed by atoms with Crippen LogP contribution in [-0.2, 0) is 16.0 Å². The van der Waals surface area contributed by atoms with Gasteiger partial charge in [0.2, 0.25) is 11.8 Å². The molecule has 0 radical (unpaired) electrons. The van der Waals surface area contributed by atoms with Crippen LogP contribution in [0.25, 0.3) is 0 Å². The highest BCUT2D eigenvalue weighted by Crippen LogP contribution is 2.27. The van der Waals surface area contributed by atoms with Crippen LogP contribution in [0.3, 0.4) is 0 Å². The van der Waals surface area contributed by atoms with Crippen LogP contribution >= 0.6 is 0 Å². The third-order valence-corrected chi connectivity index (χ3v) is 5.52. The lowest BCUT2D eigenvalue weighted by Crippen LogP contribution is -2.41. The molecule has 0 aromatic heterocycles. The maximum absolute atomic E-state index is 12.5. The molecule has 138 valence electrons. The van der Waals surface area contributed by atoms with Gasteiger partial charge in [-0.15, -0.1) is 0 Å². The van der Waals surface area contributed by atoms with Gasteiger partial charge in [-0.1, -0.05) is 26.0 Å². The van der Waals surface area contributed by atoms with Gasteiger partial charge in [0.05, 0.1) is 5.41 Å².